The molecule has 0 aromatic heterocycles. The van der Waals surface area contributed by atoms with Gasteiger partial charge in [-0.05, 0) is 47.8 Å². The van der Waals surface area contributed by atoms with Gasteiger partial charge in [-0.1, -0.05) is 24.3 Å². The fraction of sp³-hybridized carbons (Fsp3) is 0.450. The summed E-state index contributed by atoms with van der Waals surface area (Å²) in [6, 6.07) is 7.86. The van der Waals surface area contributed by atoms with Crippen LogP contribution in [-0.2, 0) is 9.59 Å². The van der Waals surface area contributed by atoms with E-state index in [1.165, 1.54) is 0 Å². The number of anilines is 1. The average Bonchev–Trinajstić information content (AvgIpc) is 3.20. The van der Waals surface area contributed by atoms with Gasteiger partial charge in [0.2, 0.25) is 0 Å². The molecule has 0 N–H and O–H groups in total. The van der Waals surface area contributed by atoms with Gasteiger partial charge >= 0.3 is 0 Å². The molecule has 4 atom stereocenters. The zero-order valence-electron chi connectivity index (χ0n) is 14.4. The van der Waals surface area contributed by atoms with Gasteiger partial charge in [-0.15, -0.1) is 0 Å². The van der Waals surface area contributed by atoms with Crippen LogP contribution in [-0.4, -0.2) is 37.1 Å². The summed E-state index contributed by atoms with van der Waals surface area (Å²) in [5.41, 5.74) is 2.21. The highest BCUT2D eigenvalue weighted by Gasteiger charge is 2.73. The fourth-order valence-corrected chi connectivity index (χ4v) is 5.16. The second kappa shape index (κ2) is 4.81. The first-order valence-electron chi connectivity index (χ1n) is 8.90. The molecular weight excluding hydrogens is 314 g/mol. The maximum absolute atomic E-state index is 12.8. The largest absolute Gasteiger partial charge is 0.378 e. The molecule has 2 saturated carbocycles. The van der Waals surface area contributed by atoms with Gasteiger partial charge in [0.1, 0.15) is 0 Å². The SMILES string of the molecule is CN(C)c1ccc(C=NN2C(=O)C3C(C2=O)C2C=CC3C23CC3)cc1. The minimum Gasteiger partial charge on any atom is -0.378 e. The van der Waals surface area contributed by atoms with Crippen molar-refractivity contribution in [3.63, 3.8) is 0 Å². The zero-order chi connectivity index (χ0) is 17.3. The predicted molar refractivity (Wildman–Crippen MR) is 95.0 cm³/mol. The molecule has 5 heteroatoms. The normalized spacial score (nSPS) is 33.8. The van der Waals surface area contributed by atoms with Gasteiger partial charge in [-0.2, -0.15) is 10.1 Å². The smallest absolute Gasteiger partial charge is 0.254 e. The monoisotopic (exact) mass is 335 g/mol. The molecule has 2 bridgehead atoms. The van der Waals surface area contributed by atoms with Crippen LogP contribution in [0.15, 0.2) is 41.5 Å². The van der Waals surface area contributed by atoms with Crippen LogP contribution in [0.25, 0.3) is 0 Å². The first-order valence-corrected chi connectivity index (χ1v) is 8.90. The number of carbonyl (C=O) groups is 2. The van der Waals surface area contributed by atoms with Crippen molar-refractivity contribution in [3.8, 4) is 0 Å². The van der Waals surface area contributed by atoms with Crippen LogP contribution in [0.5, 0.6) is 0 Å². The van der Waals surface area contributed by atoms with Gasteiger partial charge in [0.25, 0.3) is 11.8 Å². The molecule has 1 aromatic carbocycles. The third-order valence-corrected chi connectivity index (χ3v) is 6.56. The van der Waals surface area contributed by atoms with E-state index in [1.54, 1.807) is 6.21 Å². The van der Waals surface area contributed by atoms with Crippen molar-refractivity contribution >= 4 is 23.7 Å². The summed E-state index contributed by atoms with van der Waals surface area (Å²) >= 11 is 0. The molecule has 1 aromatic rings. The van der Waals surface area contributed by atoms with Crippen LogP contribution in [0.3, 0.4) is 0 Å². The predicted octanol–water partition coefficient (Wildman–Crippen LogP) is 2.28. The van der Waals surface area contributed by atoms with Crippen molar-refractivity contribution in [2.75, 3.05) is 19.0 Å². The Morgan fingerprint density at radius 1 is 1.04 bits per heavy atom. The van der Waals surface area contributed by atoms with Crippen molar-refractivity contribution in [2.45, 2.75) is 12.8 Å². The maximum atomic E-state index is 12.8. The quantitative estimate of drug-likeness (QED) is 0.484. The number of fused-ring (bicyclic) bond motifs is 3. The average molecular weight is 335 g/mol. The minimum absolute atomic E-state index is 0.112. The van der Waals surface area contributed by atoms with Crippen molar-refractivity contribution in [2.24, 2.45) is 34.2 Å². The number of hydrazone groups is 1. The molecular formula is C20H21N3O2. The van der Waals surface area contributed by atoms with E-state index in [9.17, 15) is 9.59 Å². The molecule has 0 radical (unpaired) electrons. The molecule has 4 aliphatic rings. The maximum Gasteiger partial charge on any atom is 0.254 e. The van der Waals surface area contributed by atoms with E-state index in [4.69, 9.17) is 0 Å². The van der Waals surface area contributed by atoms with E-state index in [-0.39, 0.29) is 40.9 Å². The highest BCUT2D eigenvalue weighted by molar-refractivity contribution is 6.07. The summed E-state index contributed by atoms with van der Waals surface area (Å²) < 4.78 is 0. The molecule has 4 unspecified atom stereocenters. The van der Waals surface area contributed by atoms with E-state index in [0.717, 1.165) is 29.1 Å². The van der Waals surface area contributed by atoms with Gasteiger partial charge in [0.15, 0.2) is 0 Å². The molecule has 25 heavy (non-hydrogen) atoms. The Balaban J connectivity index is 1.38. The summed E-state index contributed by atoms with van der Waals surface area (Å²) in [4.78, 5) is 27.7. The Bertz CT molecular complexity index is 786. The van der Waals surface area contributed by atoms with Crippen LogP contribution in [0.1, 0.15) is 18.4 Å². The number of carbonyl (C=O) groups excluding carboxylic acids is 2. The number of allylic oxidation sites excluding steroid dienone is 2. The lowest BCUT2D eigenvalue weighted by Crippen LogP contribution is -2.30. The standard InChI is InChI=1S/C20H21N3O2/c1-22(2)13-5-3-12(4-6-13)11-21-23-18(24)16-14-7-8-15(17(16)19(23)25)20(14)9-10-20/h3-8,11,14-17H,9-10H2,1-2H3. The molecule has 3 aliphatic carbocycles. The van der Waals surface area contributed by atoms with E-state index < -0.39 is 0 Å². The van der Waals surface area contributed by atoms with Crippen LogP contribution in [0, 0.1) is 29.1 Å². The highest BCUT2D eigenvalue weighted by Crippen LogP contribution is 2.73. The first-order chi connectivity index (χ1) is 12.0. The molecule has 2 amide bonds. The van der Waals surface area contributed by atoms with Gasteiger partial charge in [0.05, 0.1) is 18.1 Å². The molecule has 5 nitrogen and oxygen atoms in total. The van der Waals surface area contributed by atoms with Crippen LogP contribution >= 0.6 is 0 Å². The Morgan fingerprint density at radius 3 is 2.08 bits per heavy atom. The summed E-state index contributed by atoms with van der Waals surface area (Å²) in [7, 11) is 3.97. The van der Waals surface area contributed by atoms with E-state index in [1.807, 2.05) is 43.3 Å². The van der Waals surface area contributed by atoms with Gasteiger partial charge in [-0.3, -0.25) is 9.59 Å². The molecule has 5 rings (SSSR count). The summed E-state index contributed by atoms with van der Waals surface area (Å²) in [5, 5.41) is 5.37. The number of amides is 2. The topological polar surface area (TPSA) is 53.0 Å². The highest BCUT2D eigenvalue weighted by atomic mass is 16.2. The second-order valence-corrected chi connectivity index (χ2v) is 7.94. The molecule has 1 aliphatic heterocycles. The number of nitrogens with zero attached hydrogens (tertiary/aromatic N) is 3. The lowest BCUT2D eigenvalue weighted by atomic mass is 9.85. The molecule has 1 spiro atoms. The van der Waals surface area contributed by atoms with Crippen molar-refractivity contribution in [1.29, 1.82) is 0 Å². The Hall–Kier alpha value is -2.43. The van der Waals surface area contributed by atoms with Crippen LogP contribution in [0.4, 0.5) is 5.69 Å². The number of hydrogen-bond acceptors (Lipinski definition) is 4. The van der Waals surface area contributed by atoms with Gasteiger partial charge < -0.3 is 4.90 Å². The van der Waals surface area contributed by atoms with Crippen molar-refractivity contribution in [1.82, 2.24) is 5.01 Å². The summed E-state index contributed by atoms with van der Waals surface area (Å²) in [6.45, 7) is 0. The van der Waals surface area contributed by atoms with Crippen molar-refractivity contribution in [3.05, 3.63) is 42.0 Å². The first kappa shape index (κ1) is 14.9. The number of imide groups is 1. The van der Waals surface area contributed by atoms with E-state index in [2.05, 4.69) is 17.3 Å². The van der Waals surface area contributed by atoms with Crippen LogP contribution < -0.4 is 4.90 Å². The molecule has 128 valence electrons. The summed E-state index contributed by atoms with van der Waals surface area (Å²) in [5.74, 6) is -0.0906. The Kier molecular flexibility index (Phi) is 2.86. The molecule has 1 saturated heterocycles. The summed E-state index contributed by atoms with van der Waals surface area (Å²) in [6.07, 6.45) is 8.28. The Morgan fingerprint density at radius 2 is 1.60 bits per heavy atom. The van der Waals surface area contributed by atoms with E-state index >= 15 is 0 Å². The van der Waals surface area contributed by atoms with E-state index in [0.29, 0.717) is 0 Å². The number of benzene rings is 1. The zero-order valence-corrected chi connectivity index (χ0v) is 14.4. The minimum atomic E-state index is -0.182. The third kappa shape index (κ3) is 1.86. The molecule has 3 fully saturated rings. The Labute approximate surface area is 147 Å². The third-order valence-electron chi connectivity index (χ3n) is 6.56. The lowest BCUT2D eigenvalue weighted by molar-refractivity contribution is -0.141. The number of rotatable bonds is 3. The van der Waals surface area contributed by atoms with Gasteiger partial charge in [0, 0.05) is 19.8 Å². The fourth-order valence-electron chi connectivity index (χ4n) is 5.16. The lowest BCUT2D eigenvalue weighted by Gasteiger charge is -2.18. The van der Waals surface area contributed by atoms with Gasteiger partial charge in [-0.25, -0.2) is 0 Å². The van der Waals surface area contributed by atoms with Crippen molar-refractivity contribution < 1.29 is 9.59 Å². The van der Waals surface area contributed by atoms with Crippen LogP contribution in [0.2, 0.25) is 0 Å². The second-order valence-electron chi connectivity index (χ2n) is 7.94. The molecule has 1 heterocycles. The number of hydrogen-bond donors (Lipinski definition) is 0.